The van der Waals surface area contributed by atoms with E-state index in [1.54, 1.807) is 0 Å². The van der Waals surface area contributed by atoms with Crippen molar-refractivity contribution in [3.05, 3.63) is 65.7 Å². The molecule has 3 rings (SSSR count). The van der Waals surface area contributed by atoms with Gasteiger partial charge in [0.25, 0.3) is 0 Å². The second kappa shape index (κ2) is 5.48. The molecule has 2 atom stereocenters. The van der Waals surface area contributed by atoms with Gasteiger partial charge in [0.15, 0.2) is 0 Å². The lowest BCUT2D eigenvalue weighted by molar-refractivity contribution is 0.379. The number of phenols is 1. The molecule has 1 aliphatic carbocycles. The normalized spacial score (nSPS) is 23.2. The third-order valence-corrected chi connectivity index (χ3v) is 4.32. The zero-order valence-electron chi connectivity index (χ0n) is 11.1. The second-order valence-electron chi connectivity index (χ2n) is 5.53. The first-order valence-corrected chi connectivity index (χ1v) is 7.17. The van der Waals surface area contributed by atoms with Crippen molar-refractivity contribution in [3.63, 3.8) is 0 Å². The van der Waals surface area contributed by atoms with E-state index >= 15 is 0 Å². The van der Waals surface area contributed by atoms with Gasteiger partial charge in [0.05, 0.1) is 0 Å². The average Bonchev–Trinajstić information content (AvgIpc) is 2.49. The average molecular weight is 252 g/mol. The van der Waals surface area contributed by atoms with Gasteiger partial charge in [0.1, 0.15) is 5.75 Å². The number of benzene rings is 2. The molecule has 0 radical (unpaired) electrons. The van der Waals surface area contributed by atoms with E-state index in [1.165, 1.54) is 24.8 Å². The molecule has 2 aromatic carbocycles. The van der Waals surface area contributed by atoms with Crippen molar-refractivity contribution < 1.29 is 5.11 Å². The van der Waals surface area contributed by atoms with Crippen molar-refractivity contribution in [2.45, 2.75) is 37.5 Å². The highest BCUT2D eigenvalue weighted by Gasteiger charge is 2.25. The lowest BCUT2D eigenvalue weighted by atomic mass is 9.75. The Kier molecular flexibility index (Phi) is 3.54. The van der Waals surface area contributed by atoms with Gasteiger partial charge in [-0.2, -0.15) is 0 Å². The van der Waals surface area contributed by atoms with Gasteiger partial charge in [-0.3, -0.25) is 0 Å². The Hall–Kier alpha value is -1.76. The zero-order valence-corrected chi connectivity index (χ0v) is 11.1. The molecule has 0 saturated heterocycles. The van der Waals surface area contributed by atoms with Crippen LogP contribution in [0.3, 0.4) is 0 Å². The van der Waals surface area contributed by atoms with Gasteiger partial charge in [-0.15, -0.1) is 0 Å². The fourth-order valence-electron chi connectivity index (χ4n) is 3.33. The molecule has 98 valence electrons. The highest BCUT2D eigenvalue weighted by molar-refractivity contribution is 5.36. The van der Waals surface area contributed by atoms with Crippen molar-refractivity contribution in [1.29, 1.82) is 0 Å². The molecule has 0 bridgehead atoms. The fourth-order valence-corrected chi connectivity index (χ4v) is 3.33. The molecule has 1 saturated carbocycles. The first-order chi connectivity index (χ1) is 9.34. The minimum atomic E-state index is 0.459. The summed E-state index contributed by atoms with van der Waals surface area (Å²) in [6.07, 6.45) is 4.87. The van der Waals surface area contributed by atoms with Crippen molar-refractivity contribution >= 4 is 0 Å². The van der Waals surface area contributed by atoms with E-state index in [4.69, 9.17) is 0 Å². The first-order valence-electron chi connectivity index (χ1n) is 7.17. The molecule has 1 N–H and O–H groups in total. The molecule has 1 fully saturated rings. The Morgan fingerprint density at radius 1 is 0.789 bits per heavy atom. The summed E-state index contributed by atoms with van der Waals surface area (Å²) < 4.78 is 0. The summed E-state index contributed by atoms with van der Waals surface area (Å²) in [7, 11) is 0. The van der Waals surface area contributed by atoms with E-state index in [0.717, 1.165) is 12.0 Å². The molecule has 0 amide bonds. The second-order valence-corrected chi connectivity index (χ2v) is 5.53. The van der Waals surface area contributed by atoms with Crippen LogP contribution in [-0.4, -0.2) is 5.11 Å². The lowest BCUT2D eigenvalue weighted by Gasteiger charge is -2.30. The van der Waals surface area contributed by atoms with E-state index in [-0.39, 0.29) is 0 Å². The molecule has 0 heterocycles. The first kappa shape index (κ1) is 12.3. The van der Waals surface area contributed by atoms with Crippen molar-refractivity contribution in [3.8, 4) is 5.75 Å². The van der Waals surface area contributed by atoms with Crippen LogP contribution in [0.4, 0.5) is 0 Å². The topological polar surface area (TPSA) is 20.2 Å². The monoisotopic (exact) mass is 252 g/mol. The standard InChI is InChI=1S/C18H20O/c19-18-12-5-4-11-17(18)16-10-6-9-15(13-16)14-7-2-1-3-8-14/h1-5,7-8,11-12,15-16,19H,6,9-10,13H2. The maximum Gasteiger partial charge on any atom is 0.119 e. The summed E-state index contributed by atoms with van der Waals surface area (Å²) in [5.41, 5.74) is 2.57. The molecular formula is C18H20O. The molecule has 2 aromatic rings. The van der Waals surface area contributed by atoms with Crippen molar-refractivity contribution in [2.24, 2.45) is 0 Å². The number of hydrogen-bond donors (Lipinski definition) is 1. The summed E-state index contributed by atoms with van der Waals surface area (Å²) >= 11 is 0. The van der Waals surface area contributed by atoms with Crippen LogP contribution < -0.4 is 0 Å². The minimum Gasteiger partial charge on any atom is -0.508 e. The number of aromatic hydroxyl groups is 1. The van der Waals surface area contributed by atoms with Crippen LogP contribution >= 0.6 is 0 Å². The zero-order chi connectivity index (χ0) is 13.1. The van der Waals surface area contributed by atoms with E-state index in [0.29, 0.717) is 17.6 Å². The highest BCUT2D eigenvalue weighted by atomic mass is 16.3. The molecule has 0 aromatic heterocycles. The molecule has 0 spiro atoms. The largest absolute Gasteiger partial charge is 0.508 e. The molecule has 19 heavy (non-hydrogen) atoms. The summed E-state index contributed by atoms with van der Waals surface area (Å²) in [6.45, 7) is 0. The van der Waals surface area contributed by atoms with Gasteiger partial charge in [-0.05, 0) is 48.3 Å². The smallest absolute Gasteiger partial charge is 0.119 e. The van der Waals surface area contributed by atoms with Crippen LogP contribution in [-0.2, 0) is 0 Å². The molecule has 1 aliphatic rings. The molecule has 2 unspecified atom stereocenters. The minimum absolute atomic E-state index is 0.459. The summed E-state index contributed by atoms with van der Waals surface area (Å²) in [6, 6.07) is 18.6. The Balaban J connectivity index is 1.81. The molecule has 0 aliphatic heterocycles. The van der Waals surface area contributed by atoms with Crippen molar-refractivity contribution in [1.82, 2.24) is 0 Å². The van der Waals surface area contributed by atoms with E-state index in [2.05, 4.69) is 36.4 Å². The Morgan fingerprint density at radius 3 is 2.26 bits per heavy atom. The Labute approximate surface area is 114 Å². The van der Waals surface area contributed by atoms with Gasteiger partial charge in [0, 0.05) is 0 Å². The number of phenolic OH excluding ortho intramolecular Hbond substituents is 1. The SMILES string of the molecule is Oc1ccccc1C1CCCC(c2ccccc2)C1. The summed E-state index contributed by atoms with van der Waals surface area (Å²) in [5, 5.41) is 10.0. The van der Waals surface area contributed by atoms with E-state index in [1.807, 2.05) is 18.2 Å². The highest BCUT2D eigenvalue weighted by Crippen LogP contribution is 2.43. The van der Waals surface area contributed by atoms with Crippen molar-refractivity contribution in [2.75, 3.05) is 0 Å². The van der Waals surface area contributed by atoms with Crippen LogP contribution in [0, 0.1) is 0 Å². The van der Waals surface area contributed by atoms with Crippen LogP contribution in [0.15, 0.2) is 54.6 Å². The van der Waals surface area contributed by atoms with Crippen LogP contribution in [0.1, 0.15) is 48.6 Å². The predicted molar refractivity (Wildman–Crippen MR) is 78.5 cm³/mol. The van der Waals surface area contributed by atoms with Gasteiger partial charge >= 0.3 is 0 Å². The number of para-hydroxylation sites is 1. The summed E-state index contributed by atoms with van der Waals surface area (Å²) in [5.74, 6) is 1.60. The maximum absolute atomic E-state index is 10.0. The summed E-state index contributed by atoms with van der Waals surface area (Å²) in [4.78, 5) is 0. The maximum atomic E-state index is 10.0. The van der Waals surface area contributed by atoms with E-state index in [9.17, 15) is 5.11 Å². The van der Waals surface area contributed by atoms with Gasteiger partial charge in [-0.25, -0.2) is 0 Å². The third-order valence-electron chi connectivity index (χ3n) is 4.32. The van der Waals surface area contributed by atoms with Gasteiger partial charge in [0.2, 0.25) is 0 Å². The van der Waals surface area contributed by atoms with Crippen LogP contribution in [0.5, 0.6) is 5.75 Å². The Bertz CT molecular complexity index is 532. The molecule has 1 nitrogen and oxygen atoms in total. The fraction of sp³-hybridized carbons (Fsp3) is 0.333. The van der Waals surface area contributed by atoms with Gasteiger partial charge in [-0.1, -0.05) is 55.0 Å². The Morgan fingerprint density at radius 2 is 1.47 bits per heavy atom. The quantitative estimate of drug-likeness (QED) is 0.811. The van der Waals surface area contributed by atoms with E-state index < -0.39 is 0 Å². The van der Waals surface area contributed by atoms with Gasteiger partial charge < -0.3 is 5.11 Å². The predicted octanol–water partition coefficient (Wildman–Crippen LogP) is 4.83. The van der Waals surface area contributed by atoms with Crippen LogP contribution in [0.2, 0.25) is 0 Å². The molecule has 1 heteroatoms. The lowest BCUT2D eigenvalue weighted by Crippen LogP contribution is -2.13. The molecular weight excluding hydrogens is 232 g/mol. The van der Waals surface area contributed by atoms with Crippen LogP contribution in [0.25, 0.3) is 0 Å². The number of hydrogen-bond acceptors (Lipinski definition) is 1. The number of rotatable bonds is 2. The third kappa shape index (κ3) is 2.65.